The summed E-state index contributed by atoms with van der Waals surface area (Å²) in [6, 6.07) is 9.66. The normalized spacial score (nSPS) is 38.2. The smallest absolute Gasteiger partial charge is 0.0366 e. The van der Waals surface area contributed by atoms with Gasteiger partial charge in [0.25, 0.3) is 0 Å². The van der Waals surface area contributed by atoms with Crippen molar-refractivity contribution in [1.82, 2.24) is 0 Å². The number of rotatable bonds is 3. The molecule has 0 heterocycles. The lowest BCUT2D eigenvalue weighted by Gasteiger charge is -2.57. The summed E-state index contributed by atoms with van der Waals surface area (Å²) in [5, 5.41) is 0. The first-order valence-electron chi connectivity index (χ1n) is 8.26. The summed E-state index contributed by atoms with van der Waals surface area (Å²) in [7, 11) is 2.31. The minimum absolute atomic E-state index is 0.641. The third kappa shape index (κ3) is 1.96. The third-order valence-electron chi connectivity index (χ3n) is 6.20. The Bertz CT molecular complexity index is 451. The Morgan fingerprint density at radius 2 is 1.50 bits per heavy atom. The summed E-state index contributed by atoms with van der Waals surface area (Å²) in [6.45, 7) is 0.641. The highest BCUT2D eigenvalue weighted by Crippen LogP contribution is 2.55. The van der Waals surface area contributed by atoms with E-state index in [1.54, 1.807) is 0 Å². The van der Waals surface area contributed by atoms with Gasteiger partial charge in [-0.1, -0.05) is 12.1 Å². The molecular weight excluding hydrogens is 244 g/mol. The van der Waals surface area contributed by atoms with Crippen LogP contribution < -0.4 is 10.6 Å². The van der Waals surface area contributed by atoms with Crippen molar-refractivity contribution in [2.24, 2.45) is 29.4 Å². The van der Waals surface area contributed by atoms with Gasteiger partial charge in [0.05, 0.1) is 0 Å². The van der Waals surface area contributed by atoms with Crippen LogP contribution in [0.15, 0.2) is 24.3 Å². The fourth-order valence-corrected chi connectivity index (χ4v) is 5.57. The molecule has 2 nitrogen and oxygen atoms in total. The molecule has 0 saturated heterocycles. The van der Waals surface area contributed by atoms with Crippen LogP contribution in [-0.4, -0.2) is 13.1 Å². The lowest BCUT2D eigenvalue weighted by molar-refractivity contribution is -0.00122. The molecule has 1 aromatic carbocycles. The van der Waals surface area contributed by atoms with Gasteiger partial charge in [-0.25, -0.2) is 0 Å². The highest BCUT2D eigenvalue weighted by molar-refractivity contribution is 5.48. The second-order valence-electron chi connectivity index (χ2n) is 7.40. The number of nitrogens with zero attached hydrogens (tertiary/aromatic N) is 1. The van der Waals surface area contributed by atoms with E-state index in [0.29, 0.717) is 6.54 Å². The lowest BCUT2D eigenvalue weighted by Crippen LogP contribution is -2.55. The summed E-state index contributed by atoms with van der Waals surface area (Å²) in [5.41, 5.74) is 8.30. The summed E-state index contributed by atoms with van der Waals surface area (Å²) >= 11 is 0. The Balaban J connectivity index is 1.57. The van der Waals surface area contributed by atoms with Gasteiger partial charge in [-0.15, -0.1) is 0 Å². The van der Waals surface area contributed by atoms with Crippen LogP contribution in [0.3, 0.4) is 0 Å². The lowest BCUT2D eigenvalue weighted by atomic mass is 9.54. The molecule has 4 saturated carbocycles. The molecule has 0 spiro atoms. The summed E-state index contributed by atoms with van der Waals surface area (Å²) < 4.78 is 0. The second kappa shape index (κ2) is 4.77. The Morgan fingerprint density at radius 1 is 0.950 bits per heavy atom. The first-order valence-corrected chi connectivity index (χ1v) is 8.26. The summed E-state index contributed by atoms with van der Waals surface area (Å²) in [4.78, 5) is 2.58. The molecule has 4 aliphatic carbocycles. The van der Waals surface area contributed by atoms with E-state index >= 15 is 0 Å². The molecular formula is C18H26N2. The minimum atomic E-state index is 0.641. The van der Waals surface area contributed by atoms with E-state index in [2.05, 4.69) is 36.2 Å². The highest BCUT2D eigenvalue weighted by atomic mass is 15.1. The maximum atomic E-state index is 5.70. The molecule has 0 unspecified atom stereocenters. The van der Waals surface area contributed by atoms with E-state index in [0.717, 1.165) is 29.7 Å². The fraction of sp³-hybridized carbons (Fsp3) is 0.667. The average molecular weight is 270 g/mol. The molecule has 4 fully saturated rings. The van der Waals surface area contributed by atoms with Gasteiger partial charge in [0.1, 0.15) is 0 Å². The summed E-state index contributed by atoms with van der Waals surface area (Å²) in [6.07, 6.45) is 7.49. The van der Waals surface area contributed by atoms with E-state index in [4.69, 9.17) is 5.73 Å². The average Bonchev–Trinajstić information content (AvgIpc) is 2.46. The Labute approximate surface area is 122 Å². The molecule has 2 N–H and O–H groups in total. The van der Waals surface area contributed by atoms with Crippen LogP contribution in [0.25, 0.3) is 0 Å². The van der Waals surface area contributed by atoms with Crippen molar-refractivity contribution in [2.45, 2.75) is 44.7 Å². The molecule has 0 amide bonds. The zero-order valence-corrected chi connectivity index (χ0v) is 12.5. The van der Waals surface area contributed by atoms with Crippen LogP contribution in [0.2, 0.25) is 0 Å². The van der Waals surface area contributed by atoms with Crippen LogP contribution in [-0.2, 0) is 6.54 Å². The van der Waals surface area contributed by atoms with Crippen LogP contribution in [0.4, 0.5) is 5.69 Å². The highest BCUT2D eigenvalue weighted by Gasteiger charge is 2.49. The quantitative estimate of drug-likeness (QED) is 0.912. The molecule has 4 aliphatic rings. The fourth-order valence-electron chi connectivity index (χ4n) is 5.57. The van der Waals surface area contributed by atoms with Gasteiger partial charge in [0.2, 0.25) is 0 Å². The van der Waals surface area contributed by atoms with Gasteiger partial charge < -0.3 is 10.6 Å². The van der Waals surface area contributed by atoms with Crippen molar-refractivity contribution in [3.05, 3.63) is 29.8 Å². The number of hydrogen-bond acceptors (Lipinski definition) is 2. The van der Waals surface area contributed by atoms with Crippen LogP contribution in [0.5, 0.6) is 0 Å². The Kier molecular flexibility index (Phi) is 3.03. The SMILES string of the molecule is CN(c1ccc(CN)cc1)C1C2CC3CC(C2)CC1C3. The monoisotopic (exact) mass is 270 g/mol. The van der Waals surface area contributed by atoms with Crippen molar-refractivity contribution in [3.63, 3.8) is 0 Å². The van der Waals surface area contributed by atoms with Crippen LogP contribution >= 0.6 is 0 Å². The molecule has 1 aromatic rings. The van der Waals surface area contributed by atoms with E-state index in [1.165, 1.54) is 43.4 Å². The molecule has 0 aromatic heterocycles. The number of benzene rings is 1. The molecule has 4 bridgehead atoms. The molecule has 108 valence electrons. The van der Waals surface area contributed by atoms with Gasteiger partial charge >= 0.3 is 0 Å². The van der Waals surface area contributed by atoms with E-state index in [-0.39, 0.29) is 0 Å². The number of nitrogens with two attached hydrogens (primary N) is 1. The Hall–Kier alpha value is -1.02. The minimum Gasteiger partial charge on any atom is -0.371 e. The van der Waals surface area contributed by atoms with Crippen molar-refractivity contribution >= 4 is 5.69 Å². The predicted octanol–water partition coefficient (Wildman–Crippen LogP) is 3.41. The van der Waals surface area contributed by atoms with E-state index in [1.807, 2.05) is 0 Å². The van der Waals surface area contributed by atoms with E-state index in [9.17, 15) is 0 Å². The third-order valence-corrected chi connectivity index (χ3v) is 6.20. The van der Waals surface area contributed by atoms with Gasteiger partial charge in [0, 0.05) is 25.3 Å². The molecule has 2 heteroatoms. The van der Waals surface area contributed by atoms with Crippen molar-refractivity contribution in [1.29, 1.82) is 0 Å². The standard InChI is InChI=1S/C18H26N2/c1-20(17-4-2-12(11-19)3-5-17)18-15-7-13-6-14(9-15)10-16(18)8-13/h2-5,13-16,18H,6-11,19H2,1H3. The number of hydrogen-bond donors (Lipinski definition) is 1. The van der Waals surface area contributed by atoms with Gasteiger partial charge in [-0.2, -0.15) is 0 Å². The Morgan fingerprint density at radius 3 is 2.00 bits per heavy atom. The van der Waals surface area contributed by atoms with Gasteiger partial charge in [-0.05, 0) is 73.5 Å². The first-order chi connectivity index (χ1) is 9.74. The zero-order valence-electron chi connectivity index (χ0n) is 12.5. The van der Waals surface area contributed by atoms with Crippen molar-refractivity contribution in [2.75, 3.05) is 11.9 Å². The summed E-state index contributed by atoms with van der Waals surface area (Å²) in [5.74, 6) is 4.01. The van der Waals surface area contributed by atoms with E-state index < -0.39 is 0 Å². The molecule has 20 heavy (non-hydrogen) atoms. The number of anilines is 1. The topological polar surface area (TPSA) is 29.3 Å². The zero-order chi connectivity index (χ0) is 13.7. The predicted molar refractivity (Wildman–Crippen MR) is 83.6 cm³/mol. The van der Waals surface area contributed by atoms with Gasteiger partial charge in [0.15, 0.2) is 0 Å². The molecule has 0 atom stereocenters. The maximum absolute atomic E-state index is 5.70. The first kappa shape index (κ1) is 12.7. The molecule has 0 aliphatic heterocycles. The van der Waals surface area contributed by atoms with Crippen molar-refractivity contribution in [3.8, 4) is 0 Å². The maximum Gasteiger partial charge on any atom is 0.0366 e. The van der Waals surface area contributed by atoms with Crippen LogP contribution in [0.1, 0.15) is 37.7 Å². The second-order valence-corrected chi connectivity index (χ2v) is 7.40. The molecule has 0 radical (unpaired) electrons. The molecule has 5 rings (SSSR count). The largest absolute Gasteiger partial charge is 0.371 e. The van der Waals surface area contributed by atoms with Gasteiger partial charge in [-0.3, -0.25) is 0 Å². The van der Waals surface area contributed by atoms with Crippen LogP contribution in [0, 0.1) is 23.7 Å². The van der Waals surface area contributed by atoms with Crippen molar-refractivity contribution < 1.29 is 0 Å².